The normalized spacial score (nSPS) is 20.2. The molecule has 2 N–H and O–H groups in total. The first kappa shape index (κ1) is 20.4. The molecular weight excluding hydrogens is 402 g/mol. The SMILES string of the molecule is Nc1ncnc2c1ncn2[C@H]1C=C[C@@H](COCc2ccccc2)[C@@H]1OCc1ccccc1. The van der Waals surface area contributed by atoms with Crippen molar-refractivity contribution in [1.82, 2.24) is 19.5 Å². The van der Waals surface area contributed by atoms with Gasteiger partial charge in [0.05, 0.1) is 38.3 Å². The lowest BCUT2D eigenvalue weighted by Crippen LogP contribution is -2.30. The number of nitrogen functional groups attached to an aromatic ring is 1. The summed E-state index contributed by atoms with van der Waals surface area (Å²) < 4.78 is 14.5. The lowest BCUT2D eigenvalue weighted by Gasteiger charge is -2.27. The first-order valence-electron chi connectivity index (χ1n) is 10.7. The van der Waals surface area contributed by atoms with Crippen molar-refractivity contribution in [1.29, 1.82) is 0 Å². The minimum absolute atomic E-state index is 0.0664. The van der Waals surface area contributed by atoms with E-state index < -0.39 is 0 Å². The van der Waals surface area contributed by atoms with E-state index in [0.717, 1.165) is 11.1 Å². The Morgan fingerprint density at radius 2 is 1.56 bits per heavy atom. The first-order valence-corrected chi connectivity index (χ1v) is 10.7. The quantitative estimate of drug-likeness (QED) is 0.429. The second kappa shape index (κ2) is 9.30. The van der Waals surface area contributed by atoms with Crippen LogP contribution in [0.25, 0.3) is 11.2 Å². The third kappa shape index (κ3) is 4.26. The van der Waals surface area contributed by atoms with Crippen LogP contribution in [0.1, 0.15) is 17.2 Å². The summed E-state index contributed by atoms with van der Waals surface area (Å²) in [6.07, 6.45) is 7.42. The highest BCUT2D eigenvalue weighted by atomic mass is 16.5. The molecule has 162 valence electrons. The molecule has 0 saturated heterocycles. The molecule has 7 nitrogen and oxygen atoms in total. The highest BCUT2D eigenvalue weighted by molar-refractivity contribution is 5.81. The van der Waals surface area contributed by atoms with Crippen LogP contribution in [0.3, 0.4) is 0 Å². The summed E-state index contributed by atoms with van der Waals surface area (Å²) in [5, 5.41) is 0. The average Bonchev–Trinajstić information content (AvgIpc) is 3.44. The van der Waals surface area contributed by atoms with Crippen LogP contribution in [-0.2, 0) is 22.7 Å². The van der Waals surface area contributed by atoms with Crippen LogP contribution in [0.5, 0.6) is 0 Å². The van der Waals surface area contributed by atoms with Crippen LogP contribution in [-0.4, -0.2) is 32.2 Å². The number of aromatic nitrogens is 4. The summed E-state index contributed by atoms with van der Waals surface area (Å²) in [5.74, 6) is 0.476. The minimum Gasteiger partial charge on any atom is -0.382 e. The smallest absolute Gasteiger partial charge is 0.166 e. The number of fused-ring (bicyclic) bond motifs is 1. The van der Waals surface area contributed by atoms with Gasteiger partial charge in [-0.15, -0.1) is 0 Å². The van der Waals surface area contributed by atoms with Crippen LogP contribution < -0.4 is 5.73 Å². The van der Waals surface area contributed by atoms with Gasteiger partial charge in [-0.2, -0.15) is 0 Å². The topological polar surface area (TPSA) is 88.1 Å². The monoisotopic (exact) mass is 427 g/mol. The maximum atomic E-state index is 6.45. The molecule has 32 heavy (non-hydrogen) atoms. The summed E-state index contributed by atoms with van der Waals surface area (Å²) in [4.78, 5) is 12.9. The molecule has 0 aliphatic heterocycles. The molecule has 3 atom stereocenters. The van der Waals surface area contributed by atoms with Crippen molar-refractivity contribution in [3.8, 4) is 0 Å². The van der Waals surface area contributed by atoms with Gasteiger partial charge < -0.3 is 19.8 Å². The van der Waals surface area contributed by atoms with E-state index in [0.29, 0.717) is 36.8 Å². The van der Waals surface area contributed by atoms with Crippen molar-refractivity contribution in [2.75, 3.05) is 12.3 Å². The number of hydrogen-bond donors (Lipinski definition) is 1. The average molecular weight is 428 g/mol. The number of ether oxygens (including phenoxy) is 2. The molecule has 0 amide bonds. The maximum Gasteiger partial charge on any atom is 0.166 e. The Bertz CT molecular complexity index is 1190. The Kier molecular flexibility index (Phi) is 5.91. The summed E-state index contributed by atoms with van der Waals surface area (Å²) in [6, 6.07) is 20.3. The van der Waals surface area contributed by atoms with E-state index in [9.17, 15) is 0 Å². The number of nitrogens with two attached hydrogens (primary N) is 1. The van der Waals surface area contributed by atoms with Gasteiger partial charge in [0, 0.05) is 5.92 Å². The third-order valence-electron chi connectivity index (χ3n) is 5.73. The number of imidazole rings is 1. The molecular formula is C25H25N5O2. The fourth-order valence-corrected chi connectivity index (χ4v) is 4.09. The van der Waals surface area contributed by atoms with Gasteiger partial charge in [0.2, 0.25) is 0 Å². The van der Waals surface area contributed by atoms with Crippen molar-refractivity contribution in [2.45, 2.75) is 25.4 Å². The molecule has 2 aromatic carbocycles. The zero-order valence-corrected chi connectivity index (χ0v) is 17.6. The number of nitrogens with zero attached hydrogens (tertiary/aromatic N) is 4. The van der Waals surface area contributed by atoms with E-state index in [1.165, 1.54) is 6.33 Å². The largest absolute Gasteiger partial charge is 0.382 e. The highest BCUT2D eigenvalue weighted by Gasteiger charge is 2.35. The highest BCUT2D eigenvalue weighted by Crippen LogP contribution is 2.34. The fourth-order valence-electron chi connectivity index (χ4n) is 4.09. The lowest BCUT2D eigenvalue weighted by atomic mass is 10.0. The molecule has 0 saturated carbocycles. The second-order valence-electron chi connectivity index (χ2n) is 7.88. The number of benzene rings is 2. The van der Waals surface area contributed by atoms with Gasteiger partial charge in [-0.1, -0.05) is 72.8 Å². The predicted octanol–water partition coefficient (Wildman–Crippen LogP) is 3.94. The number of hydrogen-bond acceptors (Lipinski definition) is 6. The fraction of sp³-hybridized carbons (Fsp3) is 0.240. The molecule has 2 heterocycles. The van der Waals surface area contributed by atoms with E-state index in [2.05, 4.69) is 51.4 Å². The van der Waals surface area contributed by atoms with Gasteiger partial charge in [-0.3, -0.25) is 0 Å². The summed E-state index contributed by atoms with van der Waals surface area (Å²) in [7, 11) is 0. The Hall–Kier alpha value is -3.55. The van der Waals surface area contributed by atoms with E-state index in [1.54, 1.807) is 6.33 Å². The molecule has 0 bridgehead atoms. The zero-order valence-electron chi connectivity index (χ0n) is 17.6. The van der Waals surface area contributed by atoms with E-state index in [4.69, 9.17) is 15.2 Å². The van der Waals surface area contributed by atoms with E-state index in [-0.39, 0.29) is 18.1 Å². The predicted molar refractivity (Wildman–Crippen MR) is 123 cm³/mol. The van der Waals surface area contributed by atoms with E-state index in [1.807, 2.05) is 41.0 Å². The number of anilines is 1. The summed E-state index contributed by atoms with van der Waals surface area (Å²) in [5.41, 5.74) is 9.58. The van der Waals surface area contributed by atoms with Crippen LogP contribution in [0, 0.1) is 5.92 Å². The molecule has 1 aliphatic rings. The molecule has 1 aliphatic carbocycles. The summed E-state index contributed by atoms with van der Waals surface area (Å²) >= 11 is 0. The van der Waals surface area contributed by atoms with Crippen molar-refractivity contribution in [2.24, 2.45) is 5.92 Å². The molecule has 0 spiro atoms. The second-order valence-corrected chi connectivity index (χ2v) is 7.88. The van der Waals surface area contributed by atoms with Gasteiger partial charge in [0.1, 0.15) is 11.8 Å². The van der Waals surface area contributed by atoms with Crippen LogP contribution in [0.4, 0.5) is 5.82 Å². The number of rotatable bonds is 8. The van der Waals surface area contributed by atoms with Gasteiger partial charge in [0.25, 0.3) is 0 Å². The van der Waals surface area contributed by atoms with Crippen molar-refractivity contribution >= 4 is 17.0 Å². The Labute approximate surface area is 186 Å². The minimum atomic E-state index is -0.125. The van der Waals surface area contributed by atoms with Crippen LogP contribution in [0.2, 0.25) is 0 Å². The van der Waals surface area contributed by atoms with Crippen molar-refractivity contribution in [3.05, 3.63) is 96.6 Å². The molecule has 5 rings (SSSR count). The van der Waals surface area contributed by atoms with E-state index >= 15 is 0 Å². The Morgan fingerprint density at radius 1 is 0.844 bits per heavy atom. The molecule has 2 aromatic heterocycles. The molecule has 0 fully saturated rings. The standard InChI is InChI=1S/C25H25N5O2/c26-24-22-25(28-16-27-24)30(17-29-22)21-12-11-20(15-31-13-18-7-3-1-4-8-18)23(21)32-14-19-9-5-2-6-10-19/h1-12,16-17,20-21,23H,13-15H2,(H2,26,27,28)/t20-,21-,23-/m0/s1. The van der Waals surface area contributed by atoms with Crippen LogP contribution in [0.15, 0.2) is 85.5 Å². The maximum absolute atomic E-state index is 6.45. The van der Waals surface area contributed by atoms with Gasteiger partial charge in [-0.25, -0.2) is 15.0 Å². The molecule has 0 radical (unpaired) electrons. The lowest BCUT2D eigenvalue weighted by molar-refractivity contribution is -0.0283. The first-order chi connectivity index (χ1) is 15.8. The van der Waals surface area contributed by atoms with Gasteiger partial charge in [-0.05, 0) is 11.1 Å². The Morgan fingerprint density at radius 3 is 2.31 bits per heavy atom. The molecule has 4 aromatic rings. The van der Waals surface area contributed by atoms with Crippen molar-refractivity contribution < 1.29 is 9.47 Å². The van der Waals surface area contributed by atoms with Crippen LogP contribution >= 0.6 is 0 Å². The van der Waals surface area contributed by atoms with Crippen molar-refractivity contribution in [3.63, 3.8) is 0 Å². The zero-order chi connectivity index (χ0) is 21.8. The molecule has 0 unspecified atom stereocenters. The summed E-state index contributed by atoms with van der Waals surface area (Å²) in [6.45, 7) is 1.65. The van der Waals surface area contributed by atoms with Gasteiger partial charge >= 0.3 is 0 Å². The third-order valence-corrected chi connectivity index (χ3v) is 5.73. The molecule has 7 heteroatoms. The Balaban J connectivity index is 1.35. The van der Waals surface area contributed by atoms with Gasteiger partial charge in [0.15, 0.2) is 11.5 Å².